The Hall–Kier alpha value is -1.20. The molecule has 6 heteroatoms. The predicted octanol–water partition coefficient (Wildman–Crippen LogP) is 5.34. The Morgan fingerprint density at radius 2 is 2.00 bits per heavy atom. The number of nitrogens with zero attached hydrogens (tertiary/aromatic N) is 2. The Kier molecular flexibility index (Phi) is 5.17. The maximum absolute atomic E-state index is 13.7. The third-order valence-electron chi connectivity index (χ3n) is 3.13. The van der Waals surface area contributed by atoms with Crippen molar-refractivity contribution in [3.8, 4) is 0 Å². The summed E-state index contributed by atoms with van der Waals surface area (Å²) >= 11 is 9.32. The fourth-order valence-corrected chi connectivity index (χ4v) is 2.54. The Balaban J connectivity index is 2.41. The first-order valence-electron chi connectivity index (χ1n) is 6.68. The van der Waals surface area contributed by atoms with Gasteiger partial charge >= 0.3 is 0 Å². The highest BCUT2D eigenvalue weighted by Gasteiger charge is 2.12. The maximum atomic E-state index is 13.7. The highest BCUT2D eigenvalue weighted by molar-refractivity contribution is 9.10. The molecule has 0 aliphatic carbocycles. The molecule has 0 atom stereocenters. The van der Waals surface area contributed by atoms with Crippen molar-refractivity contribution in [2.45, 2.75) is 33.6 Å². The lowest BCUT2D eigenvalue weighted by Gasteiger charge is -2.13. The number of hydrogen-bond donors (Lipinski definition) is 1. The molecule has 0 aliphatic rings. The number of rotatable bonds is 4. The molecular weight excluding hydrogens is 357 g/mol. The number of anilines is 2. The molecule has 0 saturated heterocycles. The van der Waals surface area contributed by atoms with Gasteiger partial charge in [-0.1, -0.05) is 18.5 Å². The lowest BCUT2D eigenvalue weighted by atomic mass is 10.2. The predicted molar refractivity (Wildman–Crippen MR) is 87.9 cm³/mol. The number of nitrogens with one attached hydrogen (secondary N) is 1. The summed E-state index contributed by atoms with van der Waals surface area (Å²) in [4.78, 5) is 8.72. The van der Waals surface area contributed by atoms with E-state index in [4.69, 9.17) is 11.6 Å². The smallest absolute Gasteiger partial charge is 0.139 e. The first-order valence-corrected chi connectivity index (χ1v) is 7.85. The molecule has 1 aromatic carbocycles. The number of aryl methyl sites for hydroxylation is 2. The van der Waals surface area contributed by atoms with Gasteiger partial charge < -0.3 is 5.32 Å². The van der Waals surface area contributed by atoms with Crippen LogP contribution in [0.3, 0.4) is 0 Å². The van der Waals surface area contributed by atoms with Crippen LogP contribution < -0.4 is 5.32 Å². The van der Waals surface area contributed by atoms with E-state index in [1.807, 2.05) is 13.8 Å². The average molecular weight is 373 g/mol. The molecular formula is C15H16BrClFN3. The van der Waals surface area contributed by atoms with Crippen LogP contribution in [0.15, 0.2) is 16.6 Å². The molecule has 0 unspecified atom stereocenters. The average Bonchev–Trinajstić information content (AvgIpc) is 2.42. The third kappa shape index (κ3) is 3.71. The summed E-state index contributed by atoms with van der Waals surface area (Å²) < 4.78 is 14.1. The van der Waals surface area contributed by atoms with Gasteiger partial charge in [0.2, 0.25) is 0 Å². The zero-order chi connectivity index (χ0) is 15.6. The summed E-state index contributed by atoms with van der Waals surface area (Å²) in [6, 6.07) is 3.16. The minimum atomic E-state index is -0.324. The summed E-state index contributed by atoms with van der Waals surface area (Å²) in [5.74, 6) is 0.976. The van der Waals surface area contributed by atoms with Crippen molar-refractivity contribution in [3.05, 3.63) is 44.5 Å². The van der Waals surface area contributed by atoms with Crippen LogP contribution in [0.1, 0.15) is 30.3 Å². The van der Waals surface area contributed by atoms with Crippen molar-refractivity contribution in [1.82, 2.24) is 9.97 Å². The highest BCUT2D eigenvalue weighted by atomic mass is 79.9. The molecule has 1 N–H and O–H groups in total. The molecule has 0 amide bonds. The second-order valence-electron chi connectivity index (χ2n) is 4.86. The van der Waals surface area contributed by atoms with Crippen molar-refractivity contribution in [2.24, 2.45) is 0 Å². The molecule has 2 aromatic rings. The zero-order valence-electron chi connectivity index (χ0n) is 12.1. The molecule has 0 bridgehead atoms. The maximum Gasteiger partial charge on any atom is 0.139 e. The van der Waals surface area contributed by atoms with Crippen LogP contribution in [0.5, 0.6) is 0 Å². The Labute approximate surface area is 137 Å². The SMILES string of the molecule is CCCc1nc(Cl)c(C)c(Nc2cc(F)c(Br)cc2C)n1. The molecule has 0 spiro atoms. The third-order valence-corrected chi connectivity index (χ3v) is 4.10. The number of hydrogen-bond acceptors (Lipinski definition) is 3. The first-order chi connectivity index (χ1) is 9.92. The van der Waals surface area contributed by atoms with E-state index in [1.54, 1.807) is 6.07 Å². The van der Waals surface area contributed by atoms with Gasteiger partial charge in [-0.25, -0.2) is 14.4 Å². The summed E-state index contributed by atoms with van der Waals surface area (Å²) in [7, 11) is 0. The van der Waals surface area contributed by atoms with E-state index < -0.39 is 0 Å². The Morgan fingerprint density at radius 3 is 2.67 bits per heavy atom. The van der Waals surface area contributed by atoms with Gasteiger partial charge in [-0.3, -0.25) is 0 Å². The molecule has 0 saturated carbocycles. The van der Waals surface area contributed by atoms with Crippen molar-refractivity contribution >= 4 is 39.0 Å². The molecule has 0 radical (unpaired) electrons. The van der Waals surface area contributed by atoms with Gasteiger partial charge in [-0.05, 0) is 53.9 Å². The lowest BCUT2D eigenvalue weighted by molar-refractivity contribution is 0.621. The monoisotopic (exact) mass is 371 g/mol. The molecule has 1 aromatic heterocycles. The van der Waals surface area contributed by atoms with Crippen LogP contribution in [0.2, 0.25) is 5.15 Å². The quantitative estimate of drug-likeness (QED) is 0.736. The Bertz CT molecular complexity index is 676. The normalized spacial score (nSPS) is 10.8. The van der Waals surface area contributed by atoms with Crippen LogP contribution in [-0.2, 0) is 6.42 Å². The second-order valence-corrected chi connectivity index (χ2v) is 6.07. The van der Waals surface area contributed by atoms with Crippen LogP contribution in [0.4, 0.5) is 15.9 Å². The van der Waals surface area contributed by atoms with Crippen LogP contribution in [-0.4, -0.2) is 9.97 Å². The zero-order valence-corrected chi connectivity index (χ0v) is 14.4. The van der Waals surface area contributed by atoms with Crippen molar-refractivity contribution in [1.29, 1.82) is 0 Å². The molecule has 2 rings (SSSR count). The van der Waals surface area contributed by atoms with Gasteiger partial charge in [0.05, 0.1) is 4.47 Å². The molecule has 0 aliphatic heterocycles. The molecule has 112 valence electrons. The van der Waals surface area contributed by atoms with Gasteiger partial charge in [-0.15, -0.1) is 0 Å². The molecule has 1 heterocycles. The van der Waals surface area contributed by atoms with Gasteiger partial charge in [0, 0.05) is 17.7 Å². The van der Waals surface area contributed by atoms with E-state index >= 15 is 0 Å². The minimum absolute atomic E-state index is 0.324. The molecule has 0 fully saturated rings. The van der Waals surface area contributed by atoms with Crippen LogP contribution in [0, 0.1) is 19.7 Å². The van der Waals surface area contributed by atoms with Crippen LogP contribution in [0.25, 0.3) is 0 Å². The summed E-state index contributed by atoms with van der Waals surface area (Å²) in [5, 5.41) is 3.57. The van der Waals surface area contributed by atoms with E-state index in [0.717, 1.165) is 24.0 Å². The fourth-order valence-electron chi connectivity index (χ4n) is 1.90. The summed E-state index contributed by atoms with van der Waals surface area (Å²) in [6.45, 7) is 5.79. The van der Waals surface area contributed by atoms with E-state index in [0.29, 0.717) is 27.0 Å². The van der Waals surface area contributed by atoms with Crippen molar-refractivity contribution < 1.29 is 4.39 Å². The largest absolute Gasteiger partial charge is 0.340 e. The van der Waals surface area contributed by atoms with E-state index in [9.17, 15) is 4.39 Å². The highest BCUT2D eigenvalue weighted by Crippen LogP contribution is 2.28. The summed E-state index contributed by atoms with van der Waals surface area (Å²) in [5.41, 5.74) is 2.32. The fraction of sp³-hybridized carbons (Fsp3) is 0.333. The lowest BCUT2D eigenvalue weighted by Crippen LogP contribution is -2.05. The molecule has 21 heavy (non-hydrogen) atoms. The topological polar surface area (TPSA) is 37.8 Å². The number of benzene rings is 1. The van der Waals surface area contributed by atoms with Gasteiger partial charge in [-0.2, -0.15) is 0 Å². The Morgan fingerprint density at radius 1 is 1.29 bits per heavy atom. The van der Waals surface area contributed by atoms with Gasteiger partial charge in [0.25, 0.3) is 0 Å². The first kappa shape index (κ1) is 16.2. The van der Waals surface area contributed by atoms with Crippen LogP contribution >= 0.6 is 27.5 Å². The number of halogens is 3. The van der Waals surface area contributed by atoms with Gasteiger partial charge in [0.15, 0.2) is 0 Å². The summed E-state index contributed by atoms with van der Waals surface area (Å²) in [6.07, 6.45) is 1.69. The number of aromatic nitrogens is 2. The van der Waals surface area contributed by atoms with Crippen molar-refractivity contribution in [2.75, 3.05) is 5.32 Å². The van der Waals surface area contributed by atoms with E-state index in [1.165, 1.54) is 6.07 Å². The molecule has 3 nitrogen and oxygen atoms in total. The van der Waals surface area contributed by atoms with E-state index in [-0.39, 0.29) is 5.82 Å². The minimum Gasteiger partial charge on any atom is -0.340 e. The standard InChI is InChI=1S/C15H16BrClFN3/c1-4-5-13-20-14(17)9(3)15(21-13)19-12-7-11(18)10(16)6-8(12)2/h6-7H,4-5H2,1-3H3,(H,19,20,21). The second kappa shape index (κ2) is 6.71. The van der Waals surface area contributed by atoms with Gasteiger partial charge in [0.1, 0.15) is 22.6 Å². The van der Waals surface area contributed by atoms with Crippen molar-refractivity contribution in [3.63, 3.8) is 0 Å². The van der Waals surface area contributed by atoms with E-state index in [2.05, 4.69) is 38.1 Å².